The van der Waals surface area contributed by atoms with Crippen LogP contribution in [0.25, 0.3) is 0 Å². The molecule has 8 heteroatoms. The third-order valence-corrected chi connectivity index (χ3v) is 3.92. The molecule has 0 unspecified atom stereocenters. The monoisotopic (exact) mass is 290 g/mol. The highest BCUT2D eigenvalue weighted by Crippen LogP contribution is 2.06. The van der Waals surface area contributed by atoms with Crippen molar-refractivity contribution in [2.45, 2.75) is 24.8 Å². The van der Waals surface area contributed by atoms with Gasteiger partial charge in [-0.2, -0.15) is 5.10 Å². The minimum Gasteiger partial charge on any atom is -0.385 e. The first kappa shape index (κ1) is 16.1. The van der Waals surface area contributed by atoms with Gasteiger partial charge in [-0.3, -0.25) is 4.68 Å². The lowest BCUT2D eigenvalue weighted by Crippen LogP contribution is -2.25. The second-order valence-electron chi connectivity index (χ2n) is 4.04. The fourth-order valence-electron chi connectivity index (χ4n) is 1.48. The van der Waals surface area contributed by atoms with E-state index in [9.17, 15) is 8.42 Å². The van der Waals surface area contributed by atoms with E-state index < -0.39 is 10.0 Å². The lowest BCUT2D eigenvalue weighted by Gasteiger charge is -2.04. The molecule has 1 aromatic rings. The highest BCUT2D eigenvalue weighted by Gasteiger charge is 2.15. The molecule has 2 N–H and O–H groups in total. The van der Waals surface area contributed by atoms with Crippen LogP contribution >= 0.6 is 0 Å². The van der Waals surface area contributed by atoms with Crippen molar-refractivity contribution in [3.8, 4) is 0 Å². The van der Waals surface area contributed by atoms with E-state index in [0.29, 0.717) is 26.1 Å². The molecule has 0 bridgehead atoms. The van der Waals surface area contributed by atoms with Gasteiger partial charge in [0.25, 0.3) is 0 Å². The maximum Gasteiger partial charge on any atom is 0.243 e. The van der Waals surface area contributed by atoms with Crippen molar-refractivity contribution in [2.24, 2.45) is 0 Å². The van der Waals surface area contributed by atoms with Crippen molar-refractivity contribution in [2.75, 3.05) is 33.4 Å². The summed E-state index contributed by atoms with van der Waals surface area (Å²) >= 11 is 0. The lowest BCUT2D eigenvalue weighted by atomic mass is 10.5. The van der Waals surface area contributed by atoms with Gasteiger partial charge < -0.3 is 10.1 Å². The second kappa shape index (κ2) is 8.26. The summed E-state index contributed by atoms with van der Waals surface area (Å²) in [7, 11) is -1.87. The minimum absolute atomic E-state index is 0.196. The molecule has 0 spiro atoms. The first-order chi connectivity index (χ1) is 9.10. The van der Waals surface area contributed by atoms with Gasteiger partial charge in [0.05, 0.1) is 12.7 Å². The normalized spacial score (nSPS) is 11.9. The summed E-state index contributed by atoms with van der Waals surface area (Å²) in [6, 6.07) is 0. The van der Waals surface area contributed by atoms with Gasteiger partial charge >= 0.3 is 0 Å². The first-order valence-corrected chi connectivity index (χ1v) is 7.80. The molecule has 0 aromatic carbocycles. The zero-order valence-electron chi connectivity index (χ0n) is 11.4. The Hall–Kier alpha value is -0.960. The van der Waals surface area contributed by atoms with Crippen LogP contribution in [0.15, 0.2) is 17.3 Å². The molecule has 0 saturated carbocycles. The molecular weight excluding hydrogens is 268 g/mol. The molecule has 0 atom stereocenters. The Morgan fingerprint density at radius 2 is 2.21 bits per heavy atom. The molecule has 0 aliphatic rings. The maximum absolute atomic E-state index is 11.9. The van der Waals surface area contributed by atoms with Crippen molar-refractivity contribution in [3.05, 3.63) is 12.4 Å². The van der Waals surface area contributed by atoms with Crippen LogP contribution in [0.1, 0.15) is 13.3 Å². The summed E-state index contributed by atoms with van der Waals surface area (Å²) in [5.74, 6) is 0. The van der Waals surface area contributed by atoms with Crippen LogP contribution in [0.4, 0.5) is 0 Å². The van der Waals surface area contributed by atoms with Crippen LogP contribution in [0.2, 0.25) is 0 Å². The fourth-order valence-corrected chi connectivity index (χ4v) is 2.51. The van der Waals surface area contributed by atoms with Gasteiger partial charge in [0.15, 0.2) is 0 Å². The molecule has 19 heavy (non-hydrogen) atoms. The van der Waals surface area contributed by atoms with Crippen molar-refractivity contribution in [1.29, 1.82) is 0 Å². The average molecular weight is 290 g/mol. The van der Waals surface area contributed by atoms with E-state index >= 15 is 0 Å². The van der Waals surface area contributed by atoms with Crippen molar-refractivity contribution in [1.82, 2.24) is 19.8 Å². The molecule has 0 aliphatic carbocycles. The number of methoxy groups -OCH3 is 1. The number of hydrogen-bond acceptors (Lipinski definition) is 5. The quantitative estimate of drug-likeness (QED) is 0.583. The van der Waals surface area contributed by atoms with Crippen LogP contribution < -0.4 is 10.0 Å². The predicted molar refractivity (Wildman–Crippen MR) is 72.5 cm³/mol. The summed E-state index contributed by atoms with van der Waals surface area (Å²) in [5.41, 5.74) is 0. The largest absolute Gasteiger partial charge is 0.385 e. The number of nitrogens with zero attached hydrogens (tertiary/aromatic N) is 2. The highest BCUT2D eigenvalue weighted by atomic mass is 32.2. The van der Waals surface area contributed by atoms with E-state index in [0.717, 1.165) is 13.1 Å². The Labute approximate surface area is 114 Å². The lowest BCUT2D eigenvalue weighted by molar-refractivity contribution is 0.196. The minimum atomic E-state index is -3.46. The molecule has 0 radical (unpaired) electrons. The van der Waals surface area contributed by atoms with Crippen molar-refractivity contribution in [3.63, 3.8) is 0 Å². The van der Waals surface area contributed by atoms with Gasteiger partial charge in [-0.15, -0.1) is 0 Å². The van der Waals surface area contributed by atoms with Crippen molar-refractivity contribution < 1.29 is 13.2 Å². The van der Waals surface area contributed by atoms with Crippen LogP contribution in [0, 0.1) is 0 Å². The van der Waals surface area contributed by atoms with Gasteiger partial charge in [0, 0.05) is 33.0 Å². The summed E-state index contributed by atoms with van der Waals surface area (Å²) in [6.07, 6.45) is 3.55. The van der Waals surface area contributed by atoms with Gasteiger partial charge in [-0.1, -0.05) is 6.92 Å². The van der Waals surface area contributed by atoms with E-state index in [1.165, 1.54) is 12.4 Å². The van der Waals surface area contributed by atoms with Crippen LogP contribution in [-0.2, 0) is 21.3 Å². The zero-order chi connectivity index (χ0) is 14.1. The van der Waals surface area contributed by atoms with E-state index in [2.05, 4.69) is 15.1 Å². The topological polar surface area (TPSA) is 85.2 Å². The first-order valence-electron chi connectivity index (χ1n) is 6.32. The Morgan fingerprint density at radius 1 is 1.42 bits per heavy atom. The fraction of sp³-hybridized carbons (Fsp3) is 0.727. The average Bonchev–Trinajstić information content (AvgIpc) is 2.85. The van der Waals surface area contributed by atoms with E-state index in [-0.39, 0.29) is 4.90 Å². The third-order valence-electron chi connectivity index (χ3n) is 2.50. The molecule has 1 rings (SSSR count). The smallest absolute Gasteiger partial charge is 0.243 e. The standard InChI is InChI=1S/C11H22N4O3S/c1-3-12-6-7-15-10-11(9-13-15)19(16,17)14-5-4-8-18-2/h9-10,12,14H,3-8H2,1-2H3. The Morgan fingerprint density at radius 3 is 2.89 bits per heavy atom. The number of likely N-dealkylation sites (N-methyl/N-ethyl adjacent to an activating group) is 1. The van der Waals surface area contributed by atoms with Crippen LogP contribution in [0.5, 0.6) is 0 Å². The van der Waals surface area contributed by atoms with Gasteiger partial charge in [0.2, 0.25) is 10.0 Å². The molecular formula is C11H22N4O3S. The summed E-state index contributed by atoms with van der Waals surface area (Å²) < 4.78 is 32.8. The molecule has 110 valence electrons. The number of rotatable bonds is 10. The third kappa shape index (κ3) is 5.68. The highest BCUT2D eigenvalue weighted by molar-refractivity contribution is 7.89. The Balaban J connectivity index is 2.49. The van der Waals surface area contributed by atoms with Crippen molar-refractivity contribution >= 4 is 10.0 Å². The molecule has 0 fully saturated rings. The van der Waals surface area contributed by atoms with Crippen LogP contribution in [0.3, 0.4) is 0 Å². The molecule has 1 heterocycles. The summed E-state index contributed by atoms with van der Waals surface area (Å²) in [4.78, 5) is 0.196. The molecule has 0 aliphatic heterocycles. The molecule has 0 saturated heterocycles. The zero-order valence-corrected chi connectivity index (χ0v) is 12.2. The number of nitrogens with one attached hydrogen (secondary N) is 2. The van der Waals surface area contributed by atoms with Gasteiger partial charge in [-0.05, 0) is 13.0 Å². The van der Waals surface area contributed by atoms with E-state index in [4.69, 9.17) is 4.74 Å². The molecule has 7 nitrogen and oxygen atoms in total. The number of ether oxygens (including phenoxy) is 1. The SMILES string of the molecule is CCNCCn1cc(S(=O)(=O)NCCCOC)cn1. The van der Waals surface area contributed by atoms with E-state index in [1.54, 1.807) is 11.8 Å². The number of hydrogen-bond donors (Lipinski definition) is 2. The van der Waals surface area contributed by atoms with E-state index in [1.807, 2.05) is 6.92 Å². The van der Waals surface area contributed by atoms with Gasteiger partial charge in [-0.25, -0.2) is 13.1 Å². The summed E-state index contributed by atoms with van der Waals surface area (Å²) in [6.45, 7) is 5.20. The Bertz CT molecular complexity index is 458. The van der Waals surface area contributed by atoms with Crippen LogP contribution in [-0.4, -0.2) is 51.5 Å². The second-order valence-corrected chi connectivity index (χ2v) is 5.80. The number of aromatic nitrogens is 2. The molecule has 1 aromatic heterocycles. The molecule has 0 amide bonds. The Kier molecular flexibility index (Phi) is 7.00. The summed E-state index contributed by atoms with van der Waals surface area (Å²) in [5, 5.41) is 7.18. The maximum atomic E-state index is 11.9. The predicted octanol–water partition coefficient (Wildman–Crippen LogP) is -0.193. The number of sulfonamides is 1. The van der Waals surface area contributed by atoms with Gasteiger partial charge in [0.1, 0.15) is 4.90 Å².